The van der Waals surface area contributed by atoms with Gasteiger partial charge >= 0.3 is 59.1 Å². The van der Waals surface area contributed by atoms with E-state index in [4.69, 9.17) is 23.2 Å². The molecule has 1 amide bonds. The molecule has 2 aromatic rings. The van der Waals surface area contributed by atoms with Gasteiger partial charge in [-0.05, 0) is 37.3 Å². The number of nitrogens with zero attached hydrogens (tertiary/aromatic N) is 4. The molecule has 1 atom stereocenters. The zero-order valence-electron chi connectivity index (χ0n) is 17.3. The molecule has 0 bridgehead atoms. The molecule has 0 spiro atoms. The quantitative estimate of drug-likeness (QED) is 0.213. The topological polar surface area (TPSA) is 172 Å². The van der Waals surface area contributed by atoms with E-state index in [1.165, 1.54) is 19.1 Å². The Hall–Kier alpha value is -0.420. The Kier molecular flexibility index (Phi) is 10.7. The fourth-order valence-electron chi connectivity index (χ4n) is 2.56. The Morgan fingerprint density at radius 2 is 1.61 bits per heavy atom. The van der Waals surface area contributed by atoms with E-state index < -0.39 is 47.7 Å². The maximum Gasteiger partial charge on any atom is 1.00 e. The second kappa shape index (κ2) is 11.5. The van der Waals surface area contributed by atoms with Crippen molar-refractivity contribution in [3.63, 3.8) is 0 Å². The van der Waals surface area contributed by atoms with Gasteiger partial charge in [-0.15, -0.1) is 0 Å². The van der Waals surface area contributed by atoms with Crippen LogP contribution in [0.1, 0.15) is 6.92 Å². The fraction of sp³-hybridized carbons (Fsp3) is 0.125. The van der Waals surface area contributed by atoms with Crippen molar-refractivity contribution in [2.45, 2.75) is 22.8 Å². The average Bonchev–Trinajstić information content (AvgIpc) is 2.95. The van der Waals surface area contributed by atoms with E-state index in [-0.39, 0.29) is 80.6 Å². The van der Waals surface area contributed by atoms with E-state index in [1.54, 1.807) is 0 Å². The van der Waals surface area contributed by atoms with Crippen LogP contribution in [0.2, 0.25) is 10.0 Å². The molecule has 11 nitrogen and oxygen atoms in total. The van der Waals surface area contributed by atoms with Crippen LogP contribution in [0.4, 0.5) is 11.4 Å². The first-order chi connectivity index (χ1) is 14.3. The summed E-state index contributed by atoms with van der Waals surface area (Å²) in [6, 6.07) is 5.17. The van der Waals surface area contributed by atoms with Crippen molar-refractivity contribution in [2.75, 3.05) is 5.01 Å². The number of rotatable bonds is 5. The zero-order valence-corrected chi connectivity index (χ0v) is 24.4. The maximum atomic E-state index is 12.7. The summed E-state index contributed by atoms with van der Waals surface area (Å²) < 4.78 is 68.0. The molecular formula is C16H10Cl2N4Na2O7S2. The second-order valence-electron chi connectivity index (χ2n) is 6.15. The Balaban J connectivity index is 0.00000272. The Bertz CT molecular complexity index is 1370. The molecule has 1 aliphatic heterocycles. The van der Waals surface area contributed by atoms with Crippen molar-refractivity contribution < 1.29 is 89.9 Å². The van der Waals surface area contributed by atoms with Crippen molar-refractivity contribution in [2.24, 2.45) is 15.3 Å². The van der Waals surface area contributed by atoms with E-state index in [9.17, 15) is 30.7 Å². The van der Waals surface area contributed by atoms with Gasteiger partial charge in [0, 0.05) is 0 Å². The summed E-state index contributed by atoms with van der Waals surface area (Å²) in [6.45, 7) is 1.43. The number of hydrogen-bond acceptors (Lipinski definition) is 10. The van der Waals surface area contributed by atoms with Crippen LogP contribution in [0, 0.1) is 0 Å². The fourth-order valence-corrected chi connectivity index (χ4v) is 4.08. The van der Waals surface area contributed by atoms with E-state index in [2.05, 4.69) is 15.3 Å². The molecule has 1 heterocycles. The number of azo groups is 1. The number of hydrogen-bond donors (Lipinski definition) is 0. The molecule has 33 heavy (non-hydrogen) atoms. The van der Waals surface area contributed by atoms with Gasteiger partial charge in [-0.3, -0.25) is 4.79 Å². The third-order valence-corrected chi connectivity index (χ3v) is 6.42. The zero-order chi connectivity index (χ0) is 23.1. The molecule has 0 saturated heterocycles. The first-order valence-electron chi connectivity index (χ1n) is 8.10. The number of benzene rings is 2. The number of anilines is 1. The largest absolute Gasteiger partial charge is 1.00 e. The van der Waals surface area contributed by atoms with Crippen LogP contribution >= 0.6 is 23.2 Å². The summed E-state index contributed by atoms with van der Waals surface area (Å²) in [5.74, 6) is -0.756. The van der Waals surface area contributed by atoms with E-state index in [0.29, 0.717) is 0 Å². The summed E-state index contributed by atoms with van der Waals surface area (Å²) in [7, 11) is -9.74. The molecule has 3 rings (SSSR count). The van der Waals surface area contributed by atoms with E-state index in [0.717, 1.165) is 29.3 Å². The Labute approximate surface area is 243 Å². The smallest absolute Gasteiger partial charge is 0.744 e. The molecule has 0 radical (unpaired) electrons. The van der Waals surface area contributed by atoms with Gasteiger partial charge in [-0.25, -0.2) is 16.8 Å². The average molecular weight is 551 g/mol. The molecule has 0 N–H and O–H groups in total. The van der Waals surface area contributed by atoms with E-state index in [1.807, 2.05) is 0 Å². The molecule has 1 unspecified atom stereocenters. The van der Waals surface area contributed by atoms with Gasteiger partial charge in [0.15, 0.2) is 6.04 Å². The van der Waals surface area contributed by atoms with Gasteiger partial charge < -0.3 is 9.11 Å². The first-order valence-corrected chi connectivity index (χ1v) is 11.7. The van der Waals surface area contributed by atoms with Gasteiger partial charge in [0.1, 0.15) is 25.9 Å². The van der Waals surface area contributed by atoms with Crippen LogP contribution in [0.5, 0.6) is 0 Å². The van der Waals surface area contributed by atoms with Crippen LogP contribution in [0.15, 0.2) is 61.5 Å². The molecule has 2 aromatic carbocycles. The van der Waals surface area contributed by atoms with Crippen molar-refractivity contribution in [1.82, 2.24) is 0 Å². The number of hydrazone groups is 1. The summed E-state index contributed by atoms with van der Waals surface area (Å²) in [4.78, 5) is 11.4. The number of carbonyl (C=O) groups excluding carboxylic acids is 1. The normalized spacial score (nSPS) is 16.4. The molecule has 17 heteroatoms. The van der Waals surface area contributed by atoms with Gasteiger partial charge in [0.05, 0.1) is 31.2 Å². The predicted octanol–water partition coefficient (Wildman–Crippen LogP) is -3.32. The van der Waals surface area contributed by atoms with Gasteiger partial charge in [0.2, 0.25) is 0 Å². The predicted molar refractivity (Wildman–Crippen MR) is 108 cm³/mol. The molecule has 0 aromatic heterocycles. The SMILES string of the molecule is CC1=NN(c2cccc(S(=O)(=O)[O-])c2)C(=O)C1N=Nc1cc(Cl)c(Cl)cc1S(=O)(=O)[O-].[Na+].[Na+]. The van der Waals surface area contributed by atoms with Crippen LogP contribution in [0.3, 0.4) is 0 Å². The van der Waals surface area contributed by atoms with Crippen LogP contribution in [0.25, 0.3) is 0 Å². The minimum atomic E-state index is -4.98. The summed E-state index contributed by atoms with van der Waals surface area (Å²) in [6.07, 6.45) is 0. The summed E-state index contributed by atoms with van der Waals surface area (Å²) >= 11 is 11.6. The van der Waals surface area contributed by atoms with Gasteiger partial charge in [0.25, 0.3) is 5.91 Å². The van der Waals surface area contributed by atoms with Crippen molar-refractivity contribution >= 4 is 66.4 Å². The second-order valence-corrected chi connectivity index (χ2v) is 9.69. The molecule has 0 fully saturated rings. The Morgan fingerprint density at radius 1 is 1.00 bits per heavy atom. The number of halogens is 2. The minimum Gasteiger partial charge on any atom is -0.744 e. The molecule has 164 valence electrons. The summed E-state index contributed by atoms with van der Waals surface area (Å²) in [5, 5.41) is 12.0. The van der Waals surface area contributed by atoms with Crippen LogP contribution < -0.4 is 64.1 Å². The van der Waals surface area contributed by atoms with Crippen molar-refractivity contribution in [3.8, 4) is 0 Å². The molecule has 1 aliphatic rings. The number of amides is 1. The van der Waals surface area contributed by atoms with Crippen molar-refractivity contribution in [3.05, 3.63) is 46.4 Å². The molecular weight excluding hydrogens is 541 g/mol. The van der Waals surface area contributed by atoms with Gasteiger partial charge in [-0.1, -0.05) is 29.3 Å². The molecule has 0 aliphatic carbocycles. The minimum absolute atomic E-state index is 0. The van der Waals surface area contributed by atoms with Crippen LogP contribution in [-0.2, 0) is 25.0 Å². The third-order valence-electron chi connectivity index (χ3n) is 4.00. The monoisotopic (exact) mass is 550 g/mol. The molecule has 0 saturated carbocycles. The van der Waals surface area contributed by atoms with Crippen molar-refractivity contribution in [1.29, 1.82) is 0 Å². The summed E-state index contributed by atoms with van der Waals surface area (Å²) in [5.41, 5.74) is -0.296. The van der Waals surface area contributed by atoms with Gasteiger partial charge in [-0.2, -0.15) is 20.3 Å². The maximum absolute atomic E-state index is 12.7. The number of carbonyl (C=O) groups is 1. The Morgan fingerprint density at radius 3 is 2.18 bits per heavy atom. The third kappa shape index (κ3) is 7.06. The standard InChI is InChI=1S/C16H12Cl2N4O7S2.2Na/c1-8-15(20-19-13-6-11(17)12(18)7-14(13)31(27,28)29)16(23)22(21-8)9-3-2-4-10(5-9)30(24,25)26;;/h2-7,15H,1H3,(H,24,25,26)(H,27,28,29);;/q;2*+1/p-2. The first kappa shape index (κ1) is 30.6. The van der Waals surface area contributed by atoms with E-state index >= 15 is 0 Å². The van der Waals surface area contributed by atoms with Crippen LogP contribution in [-0.4, -0.2) is 43.6 Å².